The molecule has 1 saturated heterocycles. The summed E-state index contributed by atoms with van der Waals surface area (Å²) in [4.78, 5) is 14.0. The third-order valence-corrected chi connectivity index (χ3v) is 5.55. The van der Waals surface area contributed by atoms with Gasteiger partial charge in [-0.05, 0) is 31.4 Å². The van der Waals surface area contributed by atoms with Crippen molar-refractivity contribution in [1.29, 1.82) is 0 Å². The number of hydrogen-bond acceptors (Lipinski definition) is 6. The Morgan fingerprint density at radius 1 is 1.38 bits per heavy atom. The van der Waals surface area contributed by atoms with E-state index in [1.807, 2.05) is 19.1 Å². The summed E-state index contributed by atoms with van der Waals surface area (Å²) in [6.07, 6.45) is 3.20. The fourth-order valence-corrected chi connectivity index (χ4v) is 3.93. The number of aromatic nitrogens is 2. The number of carbonyl (C=O) groups is 1. The average molecular weight is 323 g/mol. The van der Waals surface area contributed by atoms with E-state index in [1.165, 1.54) is 11.3 Å². The zero-order valence-electron chi connectivity index (χ0n) is 11.8. The van der Waals surface area contributed by atoms with Gasteiger partial charge in [0.05, 0.1) is 17.5 Å². The maximum atomic E-state index is 12.1. The second-order valence-corrected chi connectivity index (χ2v) is 7.09. The zero-order chi connectivity index (χ0) is 14.7. The van der Waals surface area contributed by atoms with Crippen LogP contribution in [0.15, 0.2) is 12.1 Å². The Kier molecular flexibility index (Phi) is 4.62. The fraction of sp³-hybridized carbons (Fsp3) is 0.500. The number of thiophene rings is 1. The van der Waals surface area contributed by atoms with Gasteiger partial charge in [0, 0.05) is 11.5 Å². The third kappa shape index (κ3) is 3.48. The van der Waals surface area contributed by atoms with E-state index in [2.05, 4.69) is 15.5 Å². The minimum absolute atomic E-state index is 0.0579. The highest BCUT2D eigenvalue weighted by Gasteiger charge is 2.20. The van der Waals surface area contributed by atoms with Gasteiger partial charge in [0.1, 0.15) is 10.0 Å². The first-order valence-corrected chi connectivity index (χ1v) is 8.70. The normalized spacial score (nSPS) is 18.0. The van der Waals surface area contributed by atoms with E-state index in [0.717, 1.165) is 45.6 Å². The number of nitrogens with zero attached hydrogens (tertiary/aromatic N) is 2. The van der Waals surface area contributed by atoms with Crippen LogP contribution in [0.1, 0.15) is 50.4 Å². The van der Waals surface area contributed by atoms with Crippen LogP contribution >= 0.6 is 22.7 Å². The number of hydrogen-bond donors (Lipinski definition) is 1. The molecule has 112 valence electrons. The van der Waals surface area contributed by atoms with Gasteiger partial charge < -0.3 is 10.1 Å². The fourth-order valence-electron chi connectivity index (χ4n) is 2.20. The van der Waals surface area contributed by atoms with Crippen molar-refractivity contribution in [3.63, 3.8) is 0 Å². The van der Waals surface area contributed by atoms with Gasteiger partial charge in [0.25, 0.3) is 5.91 Å². The molecule has 3 rings (SSSR count). The summed E-state index contributed by atoms with van der Waals surface area (Å²) in [6.45, 7) is 3.30. The lowest BCUT2D eigenvalue weighted by atomic mass is 10.2. The highest BCUT2D eigenvalue weighted by Crippen LogP contribution is 2.33. The molecule has 0 radical (unpaired) electrons. The molecule has 0 spiro atoms. The number of aryl methyl sites for hydroxylation is 1. The maximum Gasteiger partial charge on any atom is 0.261 e. The number of amides is 1. The third-order valence-electron chi connectivity index (χ3n) is 3.31. The lowest BCUT2D eigenvalue weighted by molar-refractivity contribution is 0.0955. The Bertz CT molecular complexity index is 617. The van der Waals surface area contributed by atoms with Gasteiger partial charge >= 0.3 is 0 Å². The van der Waals surface area contributed by atoms with E-state index in [4.69, 9.17) is 4.74 Å². The maximum absolute atomic E-state index is 12.1. The number of ether oxygens (including phenoxy) is 1. The number of carbonyl (C=O) groups excluding carboxylic acids is 1. The van der Waals surface area contributed by atoms with Crippen LogP contribution in [0.3, 0.4) is 0 Å². The van der Waals surface area contributed by atoms with Crippen molar-refractivity contribution in [2.45, 2.75) is 38.8 Å². The van der Waals surface area contributed by atoms with Crippen LogP contribution in [0.4, 0.5) is 0 Å². The van der Waals surface area contributed by atoms with E-state index >= 15 is 0 Å². The summed E-state index contributed by atoms with van der Waals surface area (Å²) >= 11 is 3.06. The molecule has 21 heavy (non-hydrogen) atoms. The highest BCUT2D eigenvalue weighted by atomic mass is 32.1. The van der Waals surface area contributed by atoms with E-state index in [9.17, 15) is 4.79 Å². The lowest BCUT2D eigenvalue weighted by Crippen LogP contribution is -2.21. The van der Waals surface area contributed by atoms with Gasteiger partial charge in [-0.2, -0.15) is 0 Å². The van der Waals surface area contributed by atoms with Crippen molar-refractivity contribution in [3.05, 3.63) is 31.9 Å². The molecule has 1 amide bonds. The minimum Gasteiger partial charge on any atom is -0.373 e. The molecule has 1 atom stereocenters. The monoisotopic (exact) mass is 323 g/mol. The first-order valence-electron chi connectivity index (χ1n) is 7.07. The van der Waals surface area contributed by atoms with E-state index in [-0.39, 0.29) is 12.0 Å². The second-order valence-electron chi connectivity index (χ2n) is 4.83. The van der Waals surface area contributed by atoms with E-state index in [1.54, 1.807) is 11.3 Å². The molecule has 0 aromatic carbocycles. The van der Waals surface area contributed by atoms with Gasteiger partial charge in [0.15, 0.2) is 0 Å². The summed E-state index contributed by atoms with van der Waals surface area (Å²) in [5.74, 6) is -0.0579. The minimum atomic E-state index is -0.0579. The zero-order valence-corrected chi connectivity index (χ0v) is 13.4. The molecule has 1 fully saturated rings. The lowest BCUT2D eigenvalue weighted by Gasteiger charge is -2.05. The van der Waals surface area contributed by atoms with Crippen molar-refractivity contribution < 1.29 is 9.53 Å². The van der Waals surface area contributed by atoms with Crippen molar-refractivity contribution in [1.82, 2.24) is 15.5 Å². The molecule has 2 aromatic heterocycles. The molecular weight excluding hydrogens is 306 g/mol. The van der Waals surface area contributed by atoms with E-state index < -0.39 is 0 Å². The standard InChI is InChI=1S/C14H17N3O2S2/c1-2-12-16-17-13(21-12)8-15-14(18)11-6-5-10(20-11)9-4-3-7-19-9/h5-6,9H,2-4,7-8H2,1H3,(H,15,18). The SMILES string of the molecule is CCc1nnc(CNC(=O)c2ccc(C3CCCO3)s2)s1. The molecule has 0 aliphatic carbocycles. The molecule has 1 unspecified atom stereocenters. The van der Waals surface area contributed by atoms with Gasteiger partial charge in [-0.15, -0.1) is 21.5 Å². The highest BCUT2D eigenvalue weighted by molar-refractivity contribution is 7.14. The van der Waals surface area contributed by atoms with Crippen LogP contribution in [0.2, 0.25) is 0 Å². The summed E-state index contributed by atoms with van der Waals surface area (Å²) in [7, 11) is 0. The summed E-state index contributed by atoms with van der Waals surface area (Å²) < 4.78 is 5.64. The molecular formula is C14H17N3O2S2. The Morgan fingerprint density at radius 2 is 2.24 bits per heavy atom. The van der Waals surface area contributed by atoms with Crippen molar-refractivity contribution >= 4 is 28.6 Å². The largest absolute Gasteiger partial charge is 0.373 e. The van der Waals surface area contributed by atoms with Crippen molar-refractivity contribution in [2.75, 3.05) is 6.61 Å². The summed E-state index contributed by atoms with van der Waals surface area (Å²) in [5.41, 5.74) is 0. The molecule has 1 aliphatic heterocycles. The first kappa shape index (κ1) is 14.6. The Balaban J connectivity index is 1.57. The Morgan fingerprint density at radius 3 is 2.95 bits per heavy atom. The molecule has 0 saturated carbocycles. The van der Waals surface area contributed by atoms with Gasteiger partial charge in [-0.3, -0.25) is 4.79 Å². The van der Waals surface area contributed by atoms with Gasteiger partial charge in [-0.1, -0.05) is 18.3 Å². The van der Waals surface area contributed by atoms with Crippen LogP contribution in [0.25, 0.3) is 0 Å². The van der Waals surface area contributed by atoms with Crippen LogP contribution < -0.4 is 5.32 Å². The molecule has 2 aromatic rings. The second kappa shape index (κ2) is 6.64. The molecule has 7 heteroatoms. The Labute approximate surface area is 131 Å². The predicted octanol–water partition coefficient (Wildman–Crippen LogP) is 2.94. The van der Waals surface area contributed by atoms with Crippen LogP contribution in [0.5, 0.6) is 0 Å². The molecule has 5 nitrogen and oxygen atoms in total. The van der Waals surface area contributed by atoms with Gasteiger partial charge in [0.2, 0.25) is 0 Å². The number of nitrogens with one attached hydrogen (secondary N) is 1. The molecule has 3 heterocycles. The Hall–Kier alpha value is -1.31. The average Bonchev–Trinajstić information content (AvgIpc) is 3.24. The van der Waals surface area contributed by atoms with E-state index in [0.29, 0.717) is 6.54 Å². The molecule has 1 aliphatic rings. The smallest absolute Gasteiger partial charge is 0.261 e. The molecule has 0 bridgehead atoms. The van der Waals surface area contributed by atoms with Gasteiger partial charge in [-0.25, -0.2) is 0 Å². The van der Waals surface area contributed by atoms with Crippen molar-refractivity contribution in [2.24, 2.45) is 0 Å². The van der Waals surface area contributed by atoms with Crippen LogP contribution in [-0.2, 0) is 17.7 Å². The summed E-state index contributed by atoms with van der Waals surface area (Å²) in [5, 5.41) is 12.8. The predicted molar refractivity (Wildman–Crippen MR) is 82.7 cm³/mol. The molecule has 1 N–H and O–H groups in total. The van der Waals surface area contributed by atoms with Crippen molar-refractivity contribution in [3.8, 4) is 0 Å². The van der Waals surface area contributed by atoms with Crippen LogP contribution in [0, 0.1) is 0 Å². The first-order chi connectivity index (χ1) is 10.3. The quantitative estimate of drug-likeness (QED) is 0.919. The number of rotatable bonds is 5. The summed E-state index contributed by atoms with van der Waals surface area (Å²) in [6, 6.07) is 3.87. The topological polar surface area (TPSA) is 64.1 Å². The van der Waals surface area contributed by atoms with Crippen LogP contribution in [-0.4, -0.2) is 22.7 Å².